The van der Waals surface area contributed by atoms with Crippen LogP contribution in [0.15, 0.2) is 91.5 Å². The van der Waals surface area contributed by atoms with Crippen LogP contribution in [0.25, 0.3) is 11.4 Å². The Bertz CT molecular complexity index is 1060. The molecule has 0 amide bonds. The molecular formula is C25H17F4N2Ti. The third-order valence-corrected chi connectivity index (χ3v) is 4.03. The molecule has 2 aromatic heterocycles. The van der Waals surface area contributed by atoms with Crippen molar-refractivity contribution in [1.82, 2.24) is 9.13 Å². The average molecular weight is 469 g/mol. The fourth-order valence-electron chi connectivity index (χ4n) is 2.60. The normalized spacial score (nSPS) is 11.1. The number of nitrogens with zero attached hydrogens (tertiary/aromatic N) is 2. The van der Waals surface area contributed by atoms with Gasteiger partial charge in [-0.1, -0.05) is 0 Å². The van der Waals surface area contributed by atoms with Crippen molar-refractivity contribution in [3.05, 3.63) is 133 Å². The Morgan fingerprint density at radius 2 is 1.09 bits per heavy atom. The molecule has 5 rings (SSSR count). The summed E-state index contributed by atoms with van der Waals surface area (Å²) in [5, 5.41) is 0. The Morgan fingerprint density at radius 3 is 1.38 bits per heavy atom. The molecule has 0 atom stereocenters. The molecule has 0 N–H and O–H groups in total. The van der Waals surface area contributed by atoms with E-state index in [4.69, 9.17) is 0 Å². The molecule has 0 fully saturated rings. The maximum absolute atomic E-state index is 13.1. The average Bonchev–Trinajstić information content (AvgIpc) is 3.52. The summed E-state index contributed by atoms with van der Waals surface area (Å²) in [5.74, 6) is -2.74. The van der Waals surface area contributed by atoms with Crippen LogP contribution in [0.4, 0.5) is 17.6 Å². The second kappa shape index (κ2) is 12.7. The first-order valence-corrected chi connectivity index (χ1v) is 9.27. The van der Waals surface area contributed by atoms with Crippen LogP contribution in [-0.4, -0.2) is 9.13 Å². The van der Waals surface area contributed by atoms with E-state index in [9.17, 15) is 17.6 Å². The third-order valence-electron chi connectivity index (χ3n) is 4.03. The summed E-state index contributed by atoms with van der Waals surface area (Å²) < 4.78 is 54.3. The molecule has 0 bridgehead atoms. The van der Waals surface area contributed by atoms with Crippen LogP contribution >= 0.6 is 0 Å². The minimum absolute atomic E-state index is 0. The smallest absolute Gasteiger partial charge is 0.375 e. The Balaban J connectivity index is 0.000000182. The monoisotopic (exact) mass is 469 g/mol. The molecular weight excluding hydrogens is 452 g/mol. The van der Waals surface area contributed by atoms with Gasteiger partial charge in [0.1, 0.15) is 0 Å². The largest absolute Gasteiger partial charge is 3.00 e. The summed E-state index contributed by atoms with van der Waals surface area (Å²) in [5.41, 5.74) is 0.595. The van der Waals surface area contributed by atoms with Gasteiger partial charge in [-0.15, -0.1) is 42.8 Å². The molecule has 0 saturated carbocycles. The summed E-state index contributed by atoms with van der Waals surface area (Å²) in [7, 11) is 0. The van der Waals surface area contributed by atoms with Gasteiger partial charge in [0, 0.05) is 23.3 Å². The first kappa shape index (κ1) is 25.2. The molecule has 159 valence electrons. The van der Waals surface area contributed by atoms with E-state index in [1.807, 2.05) is 24.3 Å². The molecule has 2 heterocycles. The molecule has 1 aliphatic carbocycles. The van der Waals surface area contributed by atoms with Gasteiger partial charge in [-0.25, -0.2) is 29.7 Å². The summed E-state index contributed by atoms with van der Waals surface area (Å²) in [6.07, 6.45) is 16.7. The van der Waals surface area contributed by atoms with Crippen molar-refractivity contribution in [2.45, 2.75) is 6.42 Å². The fraction of sp³-hybridized carbons (Fsp3) is 0.0400. The zero-order valence-electron chi connectivity index (χ0n) is 16.8. The van der Waals surface area contributed by atoms with E-state index in [1.54, 1.807) is 58.2 Å². The topological polar surface area (TPSA) is 9.86 Å². The van der Waals surface area contributed by atoms with Crippen molar-refractivity contribution < 1.29 is 39.3 Å². The number of allylic oxidation sites excluding steroid dienone is 4. The van der Waals surface area contributed by atoms with Crippen LogP contribution in [0.3, 0.4) is 0 Å². The third kappa shape index (κ3) is 7.25. The standard InChI is InChI=1S/2C10H6F2N.C5H5.Ti/c2*11-8-3-4-10(9(12)7-8)13-5-1-2-6-13;1-2-4-5-3-1;/h2*1-6H;1-3H,4H2;/q3*-1;+3. The Morgan fingerprint density at radius 1 is 0.656 bits per heavy atom. The Kier molecular flexibility index (Phi) is 9.99. The molecule has 32 heavy (non-hydrogen) atoms. The number of rotatable bonds is 2. The summed E-state index contributed by atoms with van der Waals surface area (Å²) in [6.45, 7) is 0. The summed E-state index contributed by atoms with van der Waals surface area (Å²) in [6, 6.07) is 16.1. The molecule has 1 radical (unpaired) electrons. The molecule has 0 unspecified atom stereocenters. The van der Waals surface area contributed by atoms with Crippen molar-refractivity contribution in [3.8, 4) is 11.4 Å². The van der Waals surface area contributed by atoms with Crippen molar-refractivity contribution in [2.75, 3.05) is 0 Å². The van der Waals surface area contributed by atoms with Crippen LogP contribution in [-0.2, 0) is 21.7 Å². The summed E-state index contributed by atoms with van der Waals surface area (Å²) >= 11 is 0. The van der Waals surface area contributed by atoms with Crippen LogP contribution in [0.5, 0.6) is 0 Å². The van der Waals surface area contributed by atoms with Gasteiger partial charge in [0.2, 0.25) is 0 Å². The Hall–Kier alpha value is -3.09. The zero-order chi connectivity index (χ0) is 22.1. The molecule has 0 spiro atoms. The van der Waals surface area contributed by atoms with Crippen molar-refractivity contribution in [3.63, 3.8) is 0 Å². The number of hydrogen-bond acceptors (Lipinski definition) is 0. The maximum Gasteiger partial charge on any atom is 3.00 e. The predicted molar refractivity (Wildman–Crippen MR) is 111 cm³/mol. The van der Waals surface area contributed by atoms with Gasteiger partial charge in [-0.05, 0) is 60.4 Å². The minimum Gasteiger partial charge on any atom is -0.375 e. The Labute approximate surface area is 199 Å². The van der Waals surface area contributed by atoms with Gasteiger partial charge in [0.05, 0.1) is 0 Å². The summed E-state index contributed by atoms with van der Waals surface area (Å²) in [4.78, 5) is 0. The van der Waals surface area contributed by atoms with Crippen LogP contribution in [0.2, 0.25) is 0 Å². The van der Waals surface area contributed by atoms with E-state index in [0.29, 0.717) is 11.4 Å². The number of halogens is 4. The van der Waals surface area contributed by atoms with E-state index >= 15 is 0 Å². The second-order valence-corrected chi connectivity index (χ2v) is 6.19. The SMILES string of the molecule is Fc1[c-]c(F)c(-n2cccc2)cc1.Fc1[c-]c(F)c(-n2cccc2)cc1.[C-]1=CC=CC1.[Ti+3]. The first-order valence-electron chi connectivity index (χ1n) is 9.27. The maximum atomic E-state index is 13.1. The van der Waals surface area contributed by atoms with Gasteiger partial charge >= 0.3 is 21.7 Å². The number of aromatic nitrogens is 2. The van der Waals surface area contributed by atoms with Gasteiger partial charge in [-0.2, -0.15) is 6.08 Å². The van der Waals surface area contributed by atoms with E-state index < -0.39 is 23.3 Å². The van der Waals surface area contributed by atoms with Gasteiger partial charge in [0.25, 0.3) is 0 Å². The minimum atomic E-state index is -0.687. The predicted octanol–water partition coefficient (Wildman–Crippen LogP) is 6.41. The van der Waals surface area contributed by atoms with Crippen molar-refractivity contribution >= 4 is 0 Å². The van der Waals surface area contributed by atoms with Crippen LogP contribution < -0.4 is 0 Å². The number of benzene rings is 2. The quantitative estimate of drug-likeness (QED) is 0.182. The van der Waals surface area contributed by atoms with E-state index in [2.05, 4.69) is 12.2 Å². The van der Waals surface area contributed by atoms with Crippen LogP contribution in [0, 0.1) is 41.5 Å². The number of hydrogen-bond donors (Lipinski definition) is 0. The van der Waals surface area contributed by atoms with Crippen molar-refractivity contribution in [1.29, 1.82) is 0 Å². The van der Waals surface area contributed by atoms with Gasteiger partial charge in [0.15, 0.2) is 0 Å². The van der Waals surface area contributed by atoms with E-state index in [1.165, 1.54) is 24.3 Å². The second-order valence-electron chi connectivity index (χ2n) is 6.19. The van der Waals surface area contributed by atoms with E-state index in [0.717, 1.165) is 6.42 Å². The van der Waals surface area contributed by atoms with Crippen molar-refractivity contribution in [2.24, 2.45) is 0 Å². The molecule has 7 heteroatoms. The molecule has 0 aliphatic heterocycles. The molecule has 1 aliphatic rings. The molecule has 4 aromatic rings. The fourth-order valence-corrected chi connectivity index (χ4v) is 2.60. The zero-order valence-corrected chi connectivity index (χ0v) is 18.3. The van der Waals surface area contributed by atoms with E-state index in [-0.39, 0.29) is 21.7 Å². The molecule has 2 aromatic carbocycles. The molecule has 2 nitrogen and oxygen atoms in total. The first-order chi connectivity index (χ1) is 15.0. The van der Waals surface area contributed by atoms with Gasteiger partial charge in [-0.3, -0.25) is 6.08 Å². The molecule has 0 saturated heterocycles. The van der Waals surface area contributed by atoms with Crippen LogP contribution in [0.1, 0.15) is 6.42 Å². The van der Waals surface area contributed by atoms with Gasteiger partial charge < -0.3 is 9.13 Å².